The maximum atomic E-state index is 13.7. The predicted molar refractivity (Wildman–Crippen MR) is 144 cm³/mol. The van der Waals surface area contributed by atoms with Crippen molar-refractivity contribution in [3.8, 4) is 17.2 Å². The number of sulfonamides is 1. The number of hydroxylamine groups is 1. The van der Waals surface area contributed by atoms with Gasteiger partial charge in [-0.3, -0.25) is 5.21 Å². The Labute approximate surface area is 232 Å². The van der Waals surface area contributed by atoms with Crippen LogP contribution in [0, 0.1) is 5.82 Å². The highest BCUT2D eigenvalue weighted by atomic mass is 32.2. The lowest BCUT2D eigenvalue weighted by atomic mass is 9.99. The molecule has 4 rings (SSSR count). The summed E-state index contributed by atoms with van der Waals surface area (Å²) in [5.74, 6) is 0.979. The molecule has 0 saturated heterocycles. The molecule has 40 heavy (non-hydrogen) atoms. The predicted octanol–water partition coefficient (Wildman–Crippen LogP) is 4.70. The molecule has 1 heterocycles. The first-order chi connectivity index (χ1) is 19.2. The molecule has 12 heteroatoms. The van der Waals surface area contributed by atoms with E-state index in [0.29, 0.717) is 35.8 Å². The van der Waals surface area contributed by atoms with Gasteiger partial charge in [0.15, 0.2) is 6.23 Å². The van der Waals surface area contributed by atoms with E-state index in [-0.39, 0.29) is 11.4 Å². The van der Waals surface area contributed by atoms with Gasteiger partial charge in [-0.15, -0.1) is 0 Å². The van der Waals surface area contributed by atoms with Crippen LogP contribution in [0.4, 0.5) is 9.18 Å². The normalized spacial score (nSPS) is 15.4. The van der Waals surface area contributed by atoms with E-state index in [1.807, 2.05) is 6.07 Å². The van der Waals surface area contributed by atoms with Crippen molar-refractivity contribution in [3.05, 3.63) is 83.7 Å². The zero-order valence-electron chi connectivity index (χ0n) is 22.2. The second-order valence-corrected chi connectivity index (χ2v) is 10.9. The molecule has 0 aliphatic carbocycles. The summed E-state index contributed by atoms with van der Waals surface area (Å²) >= 11 is 0. The van der Waals surface area contributed by atoms with Gasteiger partial charge in [0.25, 0.3) is 0 Å². The first-order valence-electron chi connectivity index (χ1n) is 12.9. The molecule has 1 aliphatic heterocycles. The summed E-state index contributed by atoms with van der Waals surface area (Å²) in [5.41, 5.74) is 2.63. The fourth-order valence-corrected chi connectivity index (χ4v) is 5.91. The summed E-state index contributed by atoms with van der Waals surface area (Å²) in [6.07, 6.45) is -2.16. The third-order valence-corrected chi connectivity index (χ3v) is 8.46. The lowest BCUT2D eigenvalue weighted by molar-refractivity contribution is 0.00231. The number of amides is 1. The molecule has 3 aromatic carbocycles. The number of likely N-dealkylation sites (N-methyl/N-ethyl adjacent to an activating group) is 1. The zero-order valence-corrected chi connectivity index (χ0v) is 23.1. The van der Waals surface area contributed by atoms with Gasteiger partial charge in [-0.05, 0) is 91.8 Å². The summed E-state index contributed by atoms with van der Waals surface area (Å²) in [6.45, 7) is 7.30. The number of carbonyl (C=O) groups is 1. The molecule has 0 spiro atoms. The zero-order chi connectivity index (χ0) is 28.7. The SMILES string of the molecule is CCN(CC)CCOc1ccc2c(c1)CCN(S(=O)(=O)c1ccc(Oc3ccc(F)cc3)cc1)C2OC(=O)NO. The third kappa shape index (κ3) is 6.89. The first kappa shape index (κ1) is 29.3. The molecular formula is C28H32FN3O7S. The second-order valence-electron chi connectivity index (χ2n) is 9.00. The lowest BCUT2D eigenvalue weighted by Crippen LogP contribution is -2.43. The Morgan fingerprint density at radius 1 is 1.02 bits per heavy atom. The Bertz CT molecular complexity index is 1400. The highest BCUT2D eigenvalue weighted by molar-refractivity contribution is 7.89. The molecule has 1 unspecified atom stereocenters. The number of hydrogen-bond donors (Lipinski definition) is 2. The van der Waals surface area contributed by atoms with Crippen molar-refractivity contribution in [2.75, 3.05) is 32.8 Å². The van der Waals surface area contributed by atoms with Crippen LogP contribution >= 0.6 is 0 Å². The van der Waals surface area contributed by atoms with Gasteiger partial charge in [0.2, 0.25) is 10.0 Å². The molecule has 0 saturated carbocycles. The molecule has 1 amide bonds. The highest BCUT2D eigenvalue weighted by Crippen LogP contribution is 2.37. The Kier molecular flexibility index (Phi) is 9.58. The van der Waals surface area contributed by atoms with E-state index in [9.17, 15) is 17.6 Å². The second kappa shape index (κ2) is 13.1. The summed E-state index contributed by atoms with van der Waals surface area (Å²) in [4.78, 5) is 14.2. The van der Waals surface area contributed by atoms with E-state index in [4.69, 9.17) is 19.4 Å². The summed E-state index contributed by atoms with van der Waals surface area (Å²) in [5, 5.41) is 9.06. The van der Waals surface area contributed by atoms with Crippen LogP contribution in [0.15, 0.2) is 71.6 Å². The monoisotopic (exact) mass is 573 g/mol. The minimum absolute atomic E-state index is 0.0233. The summed E-state index contributed by atoms with van der Waals surface area (Å²) < 4.78 is 58.4. The number of rotatable bonds is 11. The summed E-state index contributed by atoms with van der Waals surface area (Å²) in [6, 6.07) is 16.3. The molecule has 0 aromatic heterocycles. The number of nitrogens with zero attached hydrogens (tertiary/aromatic N) is 2. The van der Waals surface area contributed by atoms with E-state index < -0.39 is 28.2 Å². The highest BCUT2D eigenvalue weighted by Gasteiger charge is 2.39. The molecule has 3 aromatic rings. The number of halogens is 1. The van der Waals surface area contributed by atoms with Crippen molar-refractivity contribution in [1.82, 2.24) is 14.7 Å². The molecule has 2 N–H and O–H groups in total. The van der Waals surface area contributed by atoms with Gasteiger partial charge in [-0.2, -0.15) is 4.31 Å². The Morgan fingerprint density at radius 2 is 1.65 bits per heavy atom. The van der Waals surface area contributed by atoms with E-state index in [2.05, 4.69) is 18.7 Å². The van der Waals surface area contributed by atoms with Gasteiger partial charge in [0, 0.05) is 18.7 Å². The fourth-order valence-electron chi connectivity index (χ4n) is 4.41. The maximum Gasteiger partial charge on any atom is 0.432 e. The van der Waals surface area contributed by atoms with E-state index in [0.717, 1.165) is 29.5 Å². The van der Waals surface area contributed by atoms with Crippen molar-refractivity contribution >= 4 is 16.1 Å². The molecular weight excluding hydrogens is 541 g/mol. The van der Waals surface area contributed by atoms with Crippen molar-refractivity contribution < 1.29 is 37.0 Å². The number of carbonyl (C=O) groups excluding carboxylic acids is 1. The van der Waals surface area contributed by atoms with Gasteiger partial charge in [0.1, 0.15) is 29.7 Å². The standard InChI is InChI=1S/C28H32FN3O7S/c1-3-31(4-2)17-18-37-24-11-14-26-20(19-24)15-16-32(27(26)39-28(33)30-34)40(35,36)25-12-9-23(10-13-25)38-22-7-5-21(29)6-8-22/h5-14,19,27,34H,3-4,15-18H2,1-2H3,(H,30,33). The molecule has 0 bridgehead atoms. The van der Waals surface area contributed by atoms with Crippen LogP contribution in [0.1, 0.15) is 31.2 Å². The van der Waals surface area contributed by atoms with Crippen LogP contribution in [-0.2, 0) is 21.2 Å². The Balaban J connectivity index is 1.54. The van der Waals surface area contributed by atoms with Gasteiger partial charge in [0.05, 0.1) is 4.90 Å². The molecule has 1 atom stereocenters. The lowest BCUT2D eigenvalue weighted by Gasteiger charge is -2.35. The van der Waals surface area contributed by atoms with Crippen molar-refractivity contribution in [2.24, 2.45) is 0 Å². The molecule has 214 valence electrons. The van der Waals surface area contributed by atoms with Gasteiger partial charge < -0.3 is 19.1 Å². The number of nitrogens with one attached hydrogen (secondary N) is 1. The minimum Gasteiger partial charge on any atom is -0.492 e. The van der Waals surface area contributed by atoms with Gasteiger partial charge in [-0.1, -0.05) is 13.8 Å². The fraction of sp³-hybridized carbons (Fsp3) is 0.321. The average molecular weight is 574 g/mol. The number of benzene rings is 3. The van der Waals surface area contributed by atoms with Gasteiger partial charge in [-0.25, -0.2) is 23.1 Å². The van der Waals surface area contributed by atoms with Crippen molar-refractivity contribution in [3.63, 3.8) is 0 Å². The molecule has 0 radical (unpaired) electrons. The Morgan fingerprint density at radius 3 is 2.27 bits per heavy atom. The van der Waals surface area contributed by atoms with Crippen LogP contribution in [-0.4, -0.2) is 61.7 Å². The van der Waals surface area contributed by atoms with Crippen LogP contribution < -0.4 is 15.0 Å². The Hall–Kier alpha value is -3.71. The molecule has 10 nitrogen and oxygen atoms in total. The molecule has 1 aliphatic rings. The topological polar surface area (TPSA) is 118 Å². The maximum absolute atomic E-state index is 13.7. The minimum atomic E-state index is -4.14. The summed E-state index contributed by atoms with van der Waals surface area (Å²) in [7, 11) is -4.14. The molecule has 0 fully saturated rings. The van der Waals surface area contributed by atoms with Crippen LogP contribution in [0.3, 0.4) is 0 Å². The largest absolute Gasteiger partial charge is 0.492 e. The van der Waals surface area contributed by atoms with Crippen LogP contribution in [0.5, 0.6) is 17.2 Å². The average Bonchev–Trinajstić information content (AvgIpc) is 2.96. The van der Waals surface area contributed by atoms with Crippen LogP contribution in [0.25, 0.3) is 0 Å². The van der Waals surface area contributed by atoms with E-state index in [1.165, 1.54) is 54.0 Å². The number of hydrogen-bond acceptors (Lipinski definition) is 8. The number of ether oxygens (including phenoxy) is 3. The van der Waals surface area contributed by atoms with Crippen molar-refractivity contribution in [2.45, 2.75) is 31.4 Å². The van der Waals surface area contributed by atoms with E-state index >= 15 is 0 Å². The van der Waals surface area contributed by atoms with E-state index in [1.54, 1.807) is 12.1 Å². The smallest absolute Gasteiger partial charge is 0.432 e. The van der Waals surface area contributed by atoms with Crippen molar-refractivity contribution in [1.29, 1.82) is 0 Å². The number of fused-ring (bicyclic) bond motifs is 1. The first-order valence-corrected chi connectivity index (χ1v) is 14.3. The van der Waals surface area contributed by atoms with Crippen LogP contribution in [0.2, 0.25) is 0 Å². The van der Waals surface area contributed by atoms with Gasteiger partial charge >= 0.3 is 6.09 Å². The third-order valence-electron chi connectivity index (χ3n) is 6.60. The quantitative estimate of drug-likeness (QED) is 0.250.